The van der Waals surface area contributed by atoms with Gasteiger partial charge in [0.05, 0.1) is 19.9 Å². The molecule has 1 aliphatic heterocycles. The van der Waals surface area contributed by atoms with E-state index in [-0.39, 0.29) is 17.8 Å². The zero-order chi connectivity index (χ0) is 26.3. The van der Waals surface area contributed by atoms with Gasteiger partial charge in [-0.25, -0.2) is 19.5 Å². The molecule has 1 heterocycles. The molecule has 2 atom stereocenters. The third-order valence-corrected chi connectivity index (χ3v) is 5.78. The molecule has 0 fully saturated rings. The number of aliphatic hydroxyl groups is 1. The summed E-state index contributed by atoms with van der Waals surface area (Å²) in [5.74, 6) is -1.25. The van der Waals surface area contributed by atoms with Gasteiger partial charge in [-0.05, 0) is 42.0 Å². The molecule has 0 saturated heterocycles. The van der Waals surface area contributed by atoms with Gasteiger partial charge in [0.1, 0.15) is 18.2 Å². The van der Waals surface area contributed by atoms with E-state index in [9.17, 15) is 27.9 Å². The number of benzene rings is 2. The third kappa shape index (κ3) is 4.64. The van der Waals surface area contributed by atoms with Crippen LogP contribution in [0.15, 0.2) is 47.6 Å². The molecule has 1 aliphatic carbocycles. The highest BCUT2D eigenvalue weighted by atomic mass is 35.5. The van der Waals surface area contributed by atoms with Gasteiger partial charge in [-0.3, -0.25) is 0 Å². The number of hydrazone groups is 1. The molecule has 2 aromatic carbocycles. The Hall–Kier alpha value is -3.55. The Kier molecular flexibility index (Phi) is 6.73. The van der Waals surface area contributed by atoms with Gasteiger partial charge in [-0.15, -0.1) is 13.2 Å². The molecule has 0 radical (unpaired) electrons. The molecule has 2 aromatic rings. The number of hydrogen-bond donors (Lipinski definition) is 1. The number of methoxy groups -OCH3 is 2. The fourth-order valence-electron chi connectivity index (χ4n) is 3.98. The van der Waals surface area contributed by atoms with E-state index in [4.69, 9.17) is 25.8 Å². The van der Waals surface area contributed by atoms with E-state index in [0.717, 1.165) is 41.3 Å². The fourth-order valence-corrected chi connectivity index (χ4v) is 4.18. The maximum Gasteiger partial charge on any atom is 0.573 e. The van der Waals surface area contributed by atoms with Gasteiger partial charge in [0.25, 0.3) is 0 Å². The van der Waals surface area contributed by atoms with Gasteiger partial charge < -0.3 is 24.1 Å². The first-order valence-corrected chi connectivity index (χ1v) is 10.6. The zero-order valence-corrected chi connectivity index (χ0v) is 19.5. The van der Waals surface area contributed by atoms with Crippen molar-refractivity contribution in [3.05, 3.63) is 58.6 Å². The van der Waals surface area contributed by atoms with Gasteiger partial charge in [0.2, 0.25) is 12.0 Å². The molecule has 14 heteroatoms. The van der Waals surface area contributed by atoms with Crippen LogP contribution in [0.1, 0.15) is 11.1 Å². The van der Waals surface area contributed by atoms with E-state index in [2.05, 4.69) is 9.84 Å². The molecule has 2 unspecified atom stereocenters. The van der Waals surface area contributed by atoms with Gasteiger partial charge in [-0.2, -0.15) is 5.10 Å². The Labute approximate surface area is 207 Å². The van der Waals surface area contributed by atoms with Crippen LogP contribution in [0.5, 0.6) is 5.75 Å². The van der Waals surface area contributed by atoms with E-state index in [1.54, 1.807) is 18.2 Å². The lowest BCUT2D eigenvalue weighted by atomic mass is 9.97. The second kappa shape index (κ2) is 9.48. The number of hydrogen-bond acceptors (Lipinski definition) is 9. The maximum atomic E-state index is 12.7. The molecule has 36 heavy (non-hydrogen) atoms. The molecule has 0 bridgehead atoms. The number of esters is 1. The lowest BCUT2D eigenvalue weighted by Gasteiger charge is -2.39. The first-order chi connectivity index (χ1) is 17.0. The molecule has 0 aromatic heterocycles. The summed E-state index contributed by atoms with van der Waals surface area (Å²) in [6.07, 6.45) is -7.71. The summed E-state index contributed by atoms with van der Waals surface area (Å²) in [7, 11) is 2.25. The number of ether oxygens (including phenoxy) is 4. The normalized spacial score (nSPS) is 19.5. The maximum absolute atomic E-state index is 12.7. The standard InChI is InChI=1S/C22H19ClF3N3O7/c1-33-18(30)21-10-12-9-13(23)3-8-16(12)17(21)27-28(11-35-21)19(31)29(20(32)34-2)14-4-6-15(7-5-14)36-22(24,25)26/h3-9,19,31H,10-11H2,1-2H3. The highest BCUT2D eigenvalue weighted by molar-refractivity contribution is 6.31. The minimum Gasteiger partial charge on any atom is -0.467 e. The first-order valence-electron chi connectivity index (χ1n) is 10.3. The Balaban J connectivity index is 1.70. The second-order valence-electron chi connectivity index (χ2n) is 7.69. The van der Waals surface area contributed by atoms with Crippen LogP contribution in [0.25, 0.3) is 0 Å². The molecule has 0 spiro atoms. The van der Waals surface area contributed by atoms with Crippen molar-refractivity contribution in [3.8, 4) is 5.75 Å². The van der Waals surface area contributed by atoms with Gasteiger partial charge >= 0.3 is 18.4 Å². The first kappa shape index (κ1) is 25.5. The van der Waals surface area contributed by atoms with Crippen LogP contribution in [0, 0.1) is 0 Å². The molecule has 1 amide bonds. The van der Waals surface area contributed by atoms with E-state index in [0.29, 0.717) is 16.1 Å². The molecule has 10 nitrogen and oxygen atoms in total. The average Bonchev–Trinajstić information content (AvgIpc) is 3.17. The number of amides is 1. The second-order valence-corrected chi connectivity index (χ2v) is 8.12. The van der Waals surface area contributed by atoms with Crippen molar-refractivity contribution in [2.75, 3.05) is 25.9 Å². The number of nitrogens with zero attached hydrogens (tertiary/aromatic N) is 3. The van der Waals surface area contributed by atoms with Gasteiger partial charge in [-0.1, -0.05) is 17.7 Å². The molecule has 0 saturated carbocycles. The summed E-state index contributed by atoms with van der Waals surface area (Å²) in [4.78, 5) is 26.0. The monoisotopic (exact) mass is 529 g/mol. The Morgan fingerprint density at radius 3 is 2.50 bits per heavy atom. The molecular weight excluding hydrogens is 511 g/mol. The Bertz CT molecular complexity index is 1210. The van der Waals surface area contributed by atoms with Crippen LogP contribution in [0.4, 0.5) is 23.7 Å². The van der Waals surface area contributed by atoms with Crippen LogP contribution in [0.2, 0.25) is 5.02 Å². The highest BCUT2D eigenvalue weighted by Gasteiger charge is 2.55. The number of alkyl halides is 3. The fraction of sp³-hybridized carbons (Fsp3) is 0.318. The van der Waals surface area contributed by atoms with Crippen molar-refractivity contribution in [3.63, 3.8) is 0 Å². The van der Waals surface area contributed by atoms with E-state index in [1.165, 1.54) is 7.11 Å². The topological polar surface area (TPSA) is 110 Å². The molecule has 192 valence electrons. The predicted octanol–water partition coefficient (Wildman–Crippen LogP) is 3.25. The van der Waals surface area contributed by atoms with Crippen LogP contribution in [-0.4, -0.2) is 67.2 Å². The summed E-state index contributed by atoms with van der Waals surface area (Å²) in [6, 6.07) is 9.04. The van der Waals surface area contributed by atoms with Gasteiger partial charge in [0, 0.05) is 17.0 Å². The van der Waals surface area contributed by atoms with E-state index in [1.807, 2.05) is 0 Å². The lowest BCUT2D eigenvalue weighted by molar-refractivity contribution is -0.274. The van der Waals surface area contributed by atoms with Crippen LogP contribution >= 0.6 is 11.6 Å². The molecular formula is C22H19ClF3N3O7. The average molecular weight is 530 g/mol. The molecule has 2 aliphatic rings. The van der Waals surface area contributed by atoms with Crippen molar-refractivity contribution in [2.24, 2.45) is 5.10 Å². The van der Waals surface area contributed by atoms with Crippen LogP contribution in [0.3, 0.4) is 0 Å². The zero-order valence-electron chi connectivity index (χ0n) is 18.8. The minimum absolute atomic E-state index is 0.0347. The SMILES string of the molecule is COC(=O)N(c1ccc(OC(F)(F)F)cc1)C(O)N1COC2(C(=O)OC)Cc3cc(Cl)ccc3C2=N1. The van der Waals surface area contributed by atoms with Crippen molar-refractivity contribution < 1.29 is 46.8 Å². The van der Waals surface area contributed by atoms with Crippen molar-refractivity contribution in [1.82, 2.24) is 5.01 Å². The Morgan fingerprint density at radius 1 is 1.19 bits per heavy atom. The van der Waals surface area contributed by atoms with Crippen LogP contribution < -0.4 is 9.64 Å². The highest BCUT2D eigenvalue weighted by Crippen LogP contribution is 2.39. The smallest absolute Gasteiger partial charge is 0.467 e. The third-order valence-electron chi connectivity index (χ3n) is 5.55. The quantitative estimate of drug-likeness (QED) is 0.464. The number of halogens is 4. The van der Waals surface area contributed by atoms with Crippen molar-refractivity contribution >= 4 is 35.1 Å². The summed E-state index contributed by atoms with van der Waals surface area (Å²) < 4.78 is 56.8. The summed E-state index contributed by atoms with van der Waals surface area (Å²) in [6.45, 7) is -0.454. The summed E-state index contributed by atoms with van der Waals surface area (Å²) in [5.41, 5.74) is -0.310. The number of aliphatic hydroxyl groups excluding tert-OH is 1. The Morgan fingerprint density at radius 2 is 1.89 bits per heavy atom. The number of carbonyl (C=O) groups is 2. The summed E-state index contributed by atoms with van der Waals surface area (Å²) >= 11 is 6.09. The number of rotatable bonds is 5. The van der Waals surface area contributed by atoms with Crippen LogP contribution in [-0.2, 0) is 25.4 Å². The number of anilines is 1. The van der Waals surface area contributed by atoms with E-state index < -0.39 is 42.9 Å². The van der Waals surface area contributed by atoms with Crippen molar-refractivity contribution in [1.29, 1.82) is 0 Å². The van der Waals surface area contributed by atoms with E-state index >= 15 is 0 Å². The predicted molar refractivity (Wildman–Crippen MR) is 118 cm³/mol. The minimum atomic E-state index is -4.90. The summed E-state index contributed by atoms with van der Waals surface area (Å²) in [5, 5.41) is 16.8. The molecule has 1 N–H and O–H groups in total. The molecule has 4 rings (SSSR count). The van der Waals surface area contributed by atoms with Gasteiger partial charge in [0.15, 0.2) is 0 Å². The number of fused-ring (bicyclic) bond motifs is 3. The lowest BCUT2D eigenvalue weighted by Crippen LogP contribution is -2.58. The van der Waals surface area contributed by atoms with Crippen molar-refractivity contribution in [2.45, 2.75) is 24.7 Å². The number of carbonyl (C=O) groups excluding carboxylic acids is 2. The largest absolute Gasteiger partial charge is 0.573 e.